The van der Waals surface area contributed by atoms with Gasteiger partial charge in [0, 0.05) is 23.0 Å². The second-order valence-corrected chi connectivity index (χ2v) is 6.78. The summed E-state index contributed by atoms with van der Waals surface area (Å²) in [6, 6.07) is 10.3. The van der Waals surface area contributed by atoms with E-state index in [0.717, 1.165) is 40.5 Å². The van der Waals surface area contributed by atoms with Crippen LogP contribution in [0.25, 0.3) is 22.4 Å². The summed E-state index contributed by atoms with van der Waals surface area (Å²) in [6.45, 7) is 5.16. The van der Waals surface area contributed by atoms with Crippen molar-refractivity contribution in [1.29, 1.82) is 0 Å². The molecule has 3 heterocycles. The predicted molar refractivity (Wildman–Crippen MR) is 107 cm³/mol. The van der Waals surface area contributed by atoms with Gasteiger partial charge in [-0.2, -0.15) is 5.10 Å². The van der Waals surface area contributed by atoms with E-state index in [1.165, 1.54) is 38.1 Å². The van der Waals surface area contributed by atoms with Gasteiger partial charge >= 0.3 is 0 Å². The van der Waals surface area contributed by atoms with Crippen LogP contribution in [-0.4, -0.2) is 34.8 Å². The summed E-state index contributed by atoms with van der Waals surface area (Å²) < 4.78 is 13.0. The topological polar surface area (TPSA) is 79.6 Å². The number of aryl methyl sites for hydroxylation is 1. The average molecular weight is 367 g/mol. The number of rotatable bonds is 3. The zero-order valence-electron chi connectivity index (χ0n) is 15.6. The highest BCUT2D eigenvalue weighted by molar-refractivity contribution is 5.80. The van der Waals surface area contributed by atoms with Crippen LogP contribution in [0.5, 0.6) is 0 Å². The summed E-state index contributed by atoms with van der Waals surface area (Å²) in [4.78, 5) is 4.18. The molecule has 0 unspecified atom stereocenters. The number of H-pyrrole nitrogens is 1. The fraction of sp³-hybridized carbons (Fsp3) is 0.333. The highest BCUT2D eigenvalue weighted by Crippen LogP contribution is 2.30. The minimum absolute atomic E-state index is 0.246. The lowest BCUT2D eigenvalue weighted by Gasteiger charge is -2.20. The molecule has 0 spiro atoms. The van der Waals surface area contributed by atoms with Crippen molar-refractivity contribution in [3.63, 3.8) is 0 Å². The number of hydrogen-bond donors (Lipinski definition) is 3. The van der Waals surface area contributed by atoms with Crippen molar-refractivity contribution in [1.82, 2.24) is 20.5 Å². The van der Waals surface area contributed by atoms with E-state index in [1.54, 1.807) is 24.5 Å². The van der Waals surface area contributed by atoms with E-state index >= 15 is 0 Å². The molecule has 0 bridgehead atoms. The largest absolute Gasteiger partial charge is 0.330 e. The number of aromatic amines is 1. The first-order chi connectivity index (χ1) is 13.2. The lowest BCUT2D eigenvalue weighted by Crippen LogP contribution is -2.31. The molecule has 2 aromatic heterocycles. The van der Waals surface area contributed by atoms with Gasteiger partial charge in [-0.15, -0.1) is 0 Å². The van der Waals surface area contributed by atoms with Crippen molar-refractivity contribution in [3.05, 3.63) is 60.3 Å². The van der Waals surface area contributed by atoms with Gasteiger partial charge in [0.25, 0.3) is 0 Å². The third-order valence-corrected chi connectivity index (χ3v) is 4.77. The number of nitrogens with zero attached hydrogens (tertiary/aromatic N) is 2. The van der Waals surface area contributed by atoms with E-state index < -0.39 is 0 Å². The Morgan fingerprint density at radius 1 is 1.11 bits per heavy atom. The summed E-state index contributed by atoms with van der Waals surface area (Å²) in [5.74, 6) is 0.556. The Labute approximate surface area is 159 Å². The van der Waals surface area contributed by atoms with Crippen LogP contribution in [0.4, 0.5) is 4.39 Å². The van der Waals surface area contributed by atoms with E-state index in [4.69, 9.17) is 5.73 Å². The number of nitrogens with two attached hydrogens (primary N) is 1. The molecule has 27 heavy (non-hydrogen) atoms. The second-order valence-electron chi connectivity index (χ2n) is 6.78. The summed E-state index contributed by atoms with van der Waals surface area (Å²) >= 11 is 0. The lowest BCUT2D eigenvalue weighted by molar-refractivity contribution is 0.382. The van der Waals surface area contributed by atoms with Crippen LogP contribution in [0.15, 0.2) is 48.8 Å². The number of piperidine rings is 1. The molecule has 0 aliphatic carbocycles. The second kappa shape index (κ2) is 9.39. The number of aromatic nitrogens is 3. The predicted octanol–water partition coefficient (Wildman–Crippen LogP) is 3.53. The van der Waals surface area contributed by atoms with Gasteiger partial charge in [-0.3, -0.25) is 10.1 Å². The van der Waals surface area contributed by atoms with Crippen molar-refractivity contribution < 1.29 is 4.39 Å². The van der Waals surface area contributed by atoms with Crippen LogP contribution in [0.1, 0.15) is 18.5 Å². The number of halogens is 1. The molecular formula is C21H26FN5. The molecule has 1 fully saturated rings. The number of pyridine rings is 1. The van der Waals surface area contributed by atoms with E-state index in [0.29, 0.717) is 0 Å². The Bertz CT molecular complexity index is 838. The molecule has 0 radical (unpaired) electrons. The standard InChI is InChI=1S/C15H12FN3.C6H14N2/c1-10-8-12(6-7-17-10)14-9-18-19-15(14)11-2-4-13(16)5-3-11;7-5-6-1-3-8-4-2-6/h2-9H,1H3,(H,18,19);6,8H,1-5,7H2. The third kappa shape index (κ3) is 5.21. The van der Waals surface area contributed by atoms with Gasteiger partial charge in [-0.25, -0.2) is 4.39 Å². The molecule has 1 aliphatic heterocycles. The van der Waals surface area contributed by atoms with E-state index in [2.05, 4.69) is 20.5 Å². The zero-order chi connectivity index (χ0) is 19.1. The average Bonchev–Trinajstić information content (AvgIpc) is 3.19. The molecule has 4 rings (SSSR count). The Morgan fingerprint density at radius 3 is 2.48 bits per heavy atom. The van der Waals surface area contributed by atoms with Crippen LogP contribution in [0.3, 0.4) is 0 Å². The van der Waals surface area contributed by atoms with E-state index in [1.807, 2.05) is 19.1 Å². The Morgan fingerprint density at radius 2 is 1.85 bits per heavy atom. The fourth-order valence-electron chi connectivity index (χ4n) is 3.17. The van der Waals surface area contributed by atoms with Gasteiger partial charge in [0.05, 0.1) is 11.9 Å². The summed E-state index contributed by atoms with van der Waals surface area (Å²) in [7, 11) is 0. The molecule has 4 N–H and O–H groups in total. The van der Waals surface area contributed by atoms with Crippen molar-refractivity contribution >= 4 is 0 Å². The molecule has 6 heteroatoms. The third-order valence-electron chi connectivity index (χ3n) is 4.77. The normalized spacial score (nSPS) is 14.5. The molecule has 0 amide bonds. The molecule has 1 saturated heterocycles. The summed E-state index contributed by atoms with van der Waals surface area (Å²) in [5, 5.41) is 10.3. The number of nitrogens with one attached hydrogen (secondary N) is 2. The maximum atomic E-state index is 13.0. The summed E-state index contributed by atoms with van der Waals surface area (Å²) in [6.07, 6.45) is 6.09. The van der Waals surface area contributed by atoms with Gasteiger partial charge in [-0.05, 0) is 87.3 Å². The Balaban J connectivity index is 0.000000221. The van der Waals surface area contributed by atoms with Crippen LogP contribution in [0.2, 0.25) is 0 Å². The fourth-order valence-corrected chi connectivity index (χ4v) is 3.17. The van der Waals surface area contributed by atoms with Crippen LogP contribution in [-0.2, 0) is 0 Å². The molecule has 0 saturated carbocycles. The number of benzene rings is 1. The minimum Gasteiger partial charge on any atom is -0.330 e. The van der Waals surface area contributed by atoms with E-state index in [-0.39, 0.29) is 5.82 Å². The van der Waals surface area contributed by atoms with Crippen LogP contribution >= 0.6 is 0 Å². The molecule has 1 aromatic carbocycles. The van der Waals surface area contributed by atoms with Crippen molar-refractivity contribution in [3.8, 4) is 22.4 Å². The van der Waals surface area contributed by atoms with E-state index in [9.17, 15) is 4.39 Å². The van der Waals surface area contributed by atoms with Gasteiger partial charge in [-0.1, -0.05) is 0 Å². The first kappa shape index (κ1) is 19.2. The first-order valence-corrected chi connectivity index (χ1v) is 9.30. The molecule has 142 valence electrons. The SMILES string of the molecule is Cc1cc(-c2cn[nH]c2-c2ccc(F)cc2)ccn1.NCC1CCNCC1. The van der Waals surface area contributed by atoms with Crippen LogP contribution in [0, 0.1) is 18.7 Å². The monoisotopic (exact) mass is 367 g/mol. The van der Waals surface area contributed by atoms with Crippen LogP contribution < -0.4 is 11.1 Å². The molecule has 1 aliphatic rings. The van der Waals surface area contributed by atoms with Crippen molar-refractivity contribution in [2.24, 2.45) is 11.7 Å². The van der Waals surface area contributed by atoms with Gasteiger partial charge in [0.1, 0.15) is 5.82 Å². The van der Waals surface area contributed by atoms with Crippen molar-refractivity contribution in [2.75, 3.05) is 19.6 Å². The maximum absolute atomic E-state index is 13.0. The Kier molecular flexibility index (Phi) is 6.68. The van der Waals surface area contributed by atoms with Gasteiger partial charge < -0.3 is 11.1 Å². The molecule has 5 nitrogen and oxygen atoms in total. The molecule has 3 aromatic rings. The molecular weight excluding hydrogens is 341 g/mol. The minimum atomic E-state index is -0.246. The highest BCUT2D eigenvalue weighted by atomic mass is 19.1. The zero-order valence-corrected chi connectivity index (χ0v) is 15.6. The highest BCUT2D eigenvalue weighted by Gasteiger charge is 2.10. The first-order valence-electron chi connectivity index (χ1n) is 9.30. The smallest absolute Gasteiger partial charge is 0.123 e. The quantitative estimate of drug-likeness (QED) is 0.662. The Hall–Kier alpha value is -2.57. The van der Waals surface area contributed by atoms with Crippen molar-refractivity contribution in [2.45, 2.75) is 19.8 Å². The van der Waals surface area contributed by atoms with Gasteiger partial charge in [0.15, 0.2) is 0 Å². The number of hydrogen-bond acceptors (Lipinski definition) is 4. The summed E-state index contributed by atoms with van der Waals surface area (Å²) in [5.41, 5.74) is 10.2. The molecule has 0 atom stereocenters. The van der Waals surface area contributed by atoms with Gasteiger partial charge in [0.2, 0.25) is 0 Å². The maximum Gasteiger partial charge on any atom is 0.123 e. The lowest BCUT2D eigenvalue weighted by atomic mass is 9.99.